The Morgan fingerprint density at radius 1 is 1.36 bits per heavy atom. The van der Waals surface area contributed by atoms with Crippen LogP contribution in [0.4, 0.5) is 0 Å². The van der Waals surface area contributed by atoms with Crippen LogP contribution in [-0.4, -0.2) is 25.0 Å². The molecule has 0 bridgehead atoms. The SMILES string of the molecule is Cc1c(C(=O)OCC(=O)NCC(C)C)oc2ccc(Cl)cc12. The predicted octanol–water partition coefficient (Wildman–Crippen LogP) is 3.32. The number of carbonyl (C=O) groups excluding carboxylic acids is 2. The van der Waals surface area contributed by atoms with Gasteiger partial charge in [-0.05, 0) is 31.0 Å². The summed E-state index contributed by atoms with van der Waals surface area (Å²) in [7, 11) is 0. The highest BCUT2D eigenvalue weighted by atomic mass is 35.5. The van der Waals surface area contributed by atoms with E-state index < -0.39 is 5.97 Å². The molecule has 0 aliphatic rings. The molecular weight excluding hydrogens is 306 g/mol. The molecule has 118 valence electrons. The van der Waals surface area contributed by atoms with E-state index in [1.54, 1.807) is 25.1 Å². The normalized spacial score (nSPS) is 11.0. The van der Waals surface area contributed by atoms with Gasteiger partial charge in [-0.15, -0.1) is 0 Å². The first-order valence-electron chi connectivity index (χ1n) is 7.01. The molecule has 22 heavy (non-hydrogen) atoms. The largest absolute Gasteiger partial charge is 0.450 e. The van der Waals surface area contributed by atoms with Crippen LogP contribution in [0.15, 0.2) is 22.6 Å². The molecule has 2 rings (SSSR count). The third kappa shape index (κ3) is 3.80. The number of aryl methyl sites for hydroxylation is 1. The van der Waals surface area contributed by atoms with Crippen LogP contribution < -0.4 is 5.32 Å². The summed E-state index contributed by atoms with van der Waals surface area (Å²) in [4.78, 5) is 23.6. The second-order valence-corrected chi connectivity index (χ2v) is 5.91. The molecule has 0 fully saturated rings. The number of esters is 1. The van der Waals surface area contributed by atoms with Gasteiger partial charge in [0, 0.05) is 22.5 Å². The van der Waals surface area contributed by atoms with E-state index in [4.69, 9.17) is 20.8 Å². The van der Waals surface area contributed by atoms with Crippen molar-refractivity contribution < 1.29 is 18.7 Å². The monoisotopic (exact) mass is 323 g/mol. The minimum Gasteiger partial charge on any atom is -0.450 e. The molecule has 1 aromatic heterocycles. The van der Waals surface area contributed by atoms with E-state index in [9.17, 15) is 9.59 Å². The number of amides is 1. The van der Waals surface area contributed by atoms with Crippen molar-refractivity contribution >= 4 is 34.4 Å². The van der Waals surface area contributed by atoms with Gasteiger partial charge in [0.15, 0.2) is 6.61 Å². The van der Waals surface area contributed by atoms with Gasteiger partial charge in [0.2, 0.25) is 5.76 Å². The maximum Gasteiger partial charge on any atom is 0.375 e. The van der Waals surface area contributed by atoms with Gasteiger partial charge in [0.1, 0.15) is 5.58 Å². The van der Waals surface area contributed by atoms with E-state index in [1.807, 2.05) is 13.8 Å². The number of hydrogen-bond acceptors (Lipinski definition) is 4. The zero-order chi connectivity index (χ0) is 16.3. The fourth-order valence-corrected chi connectivity index (χ4v) is 2.13. The molecule has 0 atom stereocenters. The van der Waals surface area contributed by atoms with Gasteiger partial charge in [0.25, 0.3) is 5.91 Å². The molecule has 0 aliphatic heterocycles. The summed E-state index contributed by atoms with van der Waals surface area (Å²) in [6, 6.07) is 5.10. The third-order valence-corrected chi connectivity index (χ3v) is 3.36. The lowest BCUT2D eigenvalue weighted by molar-refractivity contribution is -0.124. The molecule has 1 N–H and O–H groups in total. The zero-order valence-electron chi connectivity index (χ0n) is 12.7. The molecule has 0 radical (unpaired) electrons. The standard InChI is InChI=1S/C16H18ClNO4/c1-9(2)7-18-14(19)8-21-16(20)15-10(3)12-6-11(17)4-5-13(12)22-15/h4-6,9H,7-8H2,1-3H3,(H,18,19). The Hall–Kier alpha value is -2.01. The van der Waals surface area contributed by atoms with Crippen molar-refractivity contribution in [1.82, 2.24) is 5.32 Å². The number of halogens is 1. The summed E-state index contributed by atoms with van der Waals surface area (Å²) in [5.74, 6) is -0.570. The first-order chi connectivity index (χ1) is 10.4. The van der Waals surface area contributed by atoms with Gasteiger partial charge < -0.3 is 14.5 Å². The Bertz CT molecular complexity index is 705. The van der Waals surface area contributed by atoms with Gasteiger partial charge in [-0.2, -0.15) is 0 Å². The highest BCUT2D eigenvalue weighted by Crippen LogP contribution is 2.28. The molecule has 0 saturated carbocycles. The summed E-state index contributed by atoms with van der Waals surface area (Å²) < 4.78 is 10.5. The highest BCUT2D eigenvalue weighted by molar-refractivity contribution is 6.31. The Kier molecular flexibility index (Phi) is 5.08. The molecule has 0 aliphatic carbocycles. The van der Waals surface area contributed by atoms with E-state index in [0.717, 1.165) is 5.39 Å². The number of furan rings is 1. The van der Waals surface area contributed by atoms with Crippen molar-refractivity contribution in [2.75, 3.05) is 13.2 Å². The number of ether oxygens (including phenoxy) is 1. The Labute approximate surface area is 133 Å². The van der Waals surface area contributed by atoms with Gasteiger partial charge >= 0.3 is 5.97 Å². The van der Waals surface area contributed by atoms with Gasteiger partial charge in [-0.3, -0.25) is 4.79 Å². The van der Waals surface area contributed by atoms with Crippen LogP contribution in [0, 0.1) is 12.8 Å². The molecule has 2 aromatic rings. The second-order valence-electron chi connectivity index (χ2n) is 5.47. The maximum atomic E-state index is 12.0. The number of nitrogens with one attached hydrogen (secondary N) is 1. The van der Waals surface area contributed by atoms with Crippen LogP contribution in [0.25, 0.3) is 11.0 Å². The van der Waals surface area contributed by atoms with E-state index in [2.05, 4.69) is 5.32 Å². The Morgan fingerprint density at radius 3 is 2.77 bits per heavy atom. The van der Waals surface area contributed by atoms with Crippen molar-refractivity contribution in [3.8, 4) is 0 Å². The van der Waals surface area contributed by atoms with E-state index in [1.165, 1.54) is 0 Å². The smallest absolute Gasteiger partial charge is 0.375 e. The lowest BCUT2D eigenvalue weighted by Gasteiger charge is -2.07. The summed E-state index contributed by atoms with van der Waals surface area (Å²) in [5.41, 5.74) is 1.20. The van der Waals surface area contributed by atoms with Crippen LogP contribution in [-0.2, 0) is 9.53 Å². The van der Waals surface area contributed by atoms with Crippen molar-refractivity contribution in [3.05, 3.63) is 34.5 Å². The molecule has 5 nitrogen and oxygen atoms in total. The minimum absolute atomic E-state index is 0.0916. The molecule has 1 heterocycles. The molecule has 0 spiro atoms. The second kappa shape index (κ2) is 6.83. The average molecular weight is 324 g/mol. The lowest BCUT2D eigenvalue weighted by atomic mass is 10.1. The first-order valence-corrected chi connectivity index (χ1v) is 7.38. The number of carbonyl (C=O) groups is 2. The van der Waals surface area contributed by atoms with E-state index >= 15 is 0 Å². The van der Waals surface area contributed by atoms with Crippen LogP contribution in [0.5, 0.6) is 0 Å². The summed E-state index contributed by atoms with van der Waals surface area (Å²) in [6.07, 6.45) is 0. The van der Waals surface area contributed by atoms with Crippen LogP contribution in [0.3, 0.4) is 0 Å². The van der Waals surface area contributed by atoms with Crippen molar-refractivity contribution in [2.45, 2.75) is 20.8 Å². The predicted molar refractivity (Wildman–Crippen MR) is 84.1 cm³/mol. The molecule has 1 amide bonds. The Balaban J connectivity index is 2.04. The maximum absolute atomic E-state index is 12.0. The van der Waals surface area contributed by atoms with Gasteiger partial charge in [0.05, 0.1) is 0 Å². The van der Waals surface area contributed by atoms with Crippen LogP contribution >= 0.6 is 11.6 Å². The quantitative estimate of drug-likeness (QED) is 0.857. The molecule has 1 aromatic carbocycles. The summed E-state index contributed by atoms with van der Waals surface area (Å²) in [6.45, 7) is 5.92. The van der Waals surface area contributed by atoms with Crippen LogP contribution in [0.2, 0.25) is 5.02 Å². The Morgan fingerprint density at radius 2 is 2.09 bits per heavy atom. The lowest BCUT2D eigenvalue weighted by Crippen LogP contribution is -2.31. The van der Waals surface area contributed by atoms with E-state index in [0.29, 0.717) is 28.6 Å². The molecular formula is C16H18ClNO4. The fourth-order valence-electron chi connectivity index (χ4n) is 1.95. The molecule has 0 unspecified atom stereocenters. The fraction of sp³-hybridized carbons (Fsp3) is 0.375. The number of rotatable bonds is 5. The number of fused-ring (bicyclic) bond motifs is 1. The van der Waals surface area contributed by atoms with Gasteiger partial charge in [-0.1, -0.05) is 25.4 Å². The van der Waals surface area contributed by atoms with Crippen molar-refractivity contribution in [3.63, 3.8) is 0 Å². The minimum atomic E-state index is -0.662. The molecule has 0 saturated heterocycles. The van der Waals surface area contributed by atoms with Crippen molar-refractivity contribution in [1.29, 1.82) is 0 Å². The molecule has 6 heteroatoms. The average Bonchev–Trinajstić information content (AvgIpc) is 2.79. The zero-order valence-corrected chi connectivity index (χ0v) is 13.5. The topological polar surface area (TPSA) is 68.5 Å². The summed E-state index contributed by atoms with van der Waals surface area (Å²) in [5, 5.41) is 3.99. The number of benzene rings is 1. The van der Waals surface area contributed by atoms with Crippen molar-refractivity contribution in [2.24, 2.45) is 5.92 Å². The third-order valence-electron chi connectivity index (χ3n) is 3.13. The first kappa shape index (κ1) is 16.4. The number of hydrogen-bond donors (Lipinski definition) is 1. The van der Waals surface area contributed by atoms with E-state index in [-0.39, 0.29) is 18.3 Å². The van der Waals surface area contributed by atoms with Gasteiger partial charge in [-0.25, -0.2) is 4.79 Å². The summed E-state index contributed by atoms with van der Waals surface area (Å²) >= 11 is 5.93. The van der Waals surface area contributed by atoms with Crippen LogP contribution in [0.1, 0.15) is 30.0 Å². The highest BCUT2D eigenvalue weighted by Gasteiger charge is 2.20.